The number of hydrogen-bond donors (Lipinski definition) is 2. The maximum absolute atomic E-state index is 12.1. The summed E-state index contributed by atoms with van der Waals surface area (Å²) in [7, 11) is 1.54. The fourth-order valence-corrected chi connectivity index (χ4v) is 2.45. The van der Waals surface area contributed by atoms with Gasteiger partial charge in [-0.1, -0.05) is 18.2 Å². The maximum atomic E-state index is 12.1. The van der Waals surface area contributed by atoms with Gasteiger partial charge in [-0.15, -0.1) is 0 Å². The Morgan fingerprint density at radius 1 is 1.03 bits per heavy atom. The van der Waals surface area contributed by atoms with Gasteiger partial charge in [-0.25, -0.2) is 5.43 Å². The van der Waals surface area contributed by atoms with Gasteiger partial charge in [0.05, 0.1) is 19.0 Å². The lowest BCUT2D eigenvalue weighted by Crippen LogP contribution is -2.20. The van der Waals surface area contributed by atoms with Crippen molar-refractivity contribution >= 4 is 23.7 Å². The van der Waals surface area contributed by atoms with Gasteiger partial charge in [-0.2, -0.15) is 5.10 Å². The van der Waals surface area contributed by atoms with Crippen molar-refractivity contribution in [2.24, 2.45) is 5.10 Å². The number of carbonyl (C=O) groups excluding carboxylic acids is 2. The highest BCUT2D eigenvalue weighted by Crippen LogP contribution is 2.22. The van der Waals surface area contributed by atoms with E-state index in [-0.39, 0.29) is 18.2 Å². The zero-order valence-corrected chi connectivity index (χ0v) is 16.2. The largest absolute Gasteiger partial charge is 0.495 e. The Kier molecular flexibility index (Phi) is 7.10. The van der Waals surface area contributed by atoms with Crippen molar-refractivity contribution in [1.82, 2.24) is 10.4 Å². The number of nitrogens with one attached hydrogen (secondary N) is 2. The number of para-hydroxylation sites is 2. The average Bonchev–Trinajstić information content (AvgIpc) is 2.79. The van der Waals surface area contributed by atoms with E-state index in [4.69, 9.17) is 9.47 Å². The minimum absolute atomic E-state index is 0.147. The van der Waals surface area contributed by atoms with Gasteiger partial charge in [0, 0.05) is 6.20 Å². The fourth-order valence-electron chi connectivity index (χ4n) is 2.45. The maximum Gasteiger partial charge on any atom is 0.289 e. The molecule has 0 saturated carbocycles. The van der Waals surface area contributed by atoms with Crippen molar-refractivity contribution in [1.29, 1.82) is 0 Å². The summed E-state index contributed by atoms with van der Waals surface area (Å²) in [5.41, 5.74) is 4.02. The van der Waals surface area contributed by atoms with Crippen LogP contribution in [-0.4, -0.2) is 36.7 Å². The quantitative estimate of drug-likeness (QED) is 0.444. The lowest BCUT2D eigenvalue weighted by atomic mass is 10.2. The molecule has 2 amide bonds. The Labute approximate surface area is 173 Å². The van der Waals surface area contributed by atoms with E-state index in [1.165, 1.54) is 19.5 Å². The molecular formula is C22H20N4O4. The van der Waals surface area contributed by atoms with Crippen molar-refractivity contribution in [3.05, 3.63) is 84.2 Å². The van der Waals surface area contributed by atoms with E-state index in [1.807, 2.05) is 6.07 Å². The van der Waals surface area contributed by atoms with Gasteiger partial charge in [0.25, 0.3) is 11.8 Å². The highest BCUT2D eigenvalue weighted by molar-refractivity contribution is 5.93. The molecule has 30 heavy (non-hydrogen) atoms. The van der Waals surface area contributed by atoms with Gasteiger partial charge >= 0.3 is 0 Å². The molecule has 2 N–H and O–H groups in total. The molecule has 3 rings (SSSR count). The van der Waals surface area contributed by atoms with E-state index in [0.29, 0.717) is 17.2 Å². The molecule has 0 radical (unpaired) electrons. The third-order valence-corrected chi connectivity index (χ3v) is 3.91. The Bertz CT molecular complexity index is 1020. The molecule has 152 valence electrons. The van der Waals surface area contributed by atoms with Crippen LogP contribution in [0.1, 0.15) is 16.1 Å². The van der Waals surface area contributed by atoms with Crippen LogP contribution in [0.25, 0.3) is 0 Å². The van der Waals surface area contributed by atoms with Crippen LogP contribution < -0.4 is 20.2 Å². The summed E-state index contributed by atoms with van der Waals surface area (Å²) in [5.74, 6) is 0.403. The SMILES string of the molecule is COc1ccccc1NC(=O)COc1ccc(/C=N\NC(=O)c2ccccn2)cc1. The van der Waals surface area contributed by atoms with Crippen LogP contribution in [0.3, 0.4) is 0 Å². The number of aromatic nitrogens is 1. The van der Waals surface area contributed by atoms with E-state index < -0.39 is 5.91 Å². The summed E-state index contributed by atoms with van der Waals surface area (Å²) in [5, 5.41) is 6.64. The average molecular weight is 404 g/mol. The number of carbonyl (C=O) groups is 2. The molecule has 2 aromatic carbocycles. The summed E-state index contributed by atoms with van der Waals surface area (Å²) in [6.45, 7) is -0.147. The topological polar surface area (TPSA) is 102 Å². The second kappa shape index (κ2) is 10.4. The number of methoxy groups -OCH3 is 1. The number of nitrogens with zero attached hydrogens (tertiary/aromatic N) is 2. The number of pyridine rings is 1. The lowest BCUT2D eigenvalue weighted by Gasteiger charge is -2.10. The summed E-state index contributed by atoms with van der Waals surface area (Å²) in [6, 6.07) is 19.1. The van der Waals surface area contributed by atoms with Crippen molar-refractivity contribution in [2.75, 3.05) is 19.0 Å². The van der Waals surface area contributed by atoms with Crippen LogP contribution in [0, 0.1) is 0 Å². The first-order valence-electron chi connectivity index (χ1n) is 9.06. The molecule has 0 bridgehead atoms. The molecule has 3 aromatic rings. The monoisotopic (exact) mass is 404 g/mol. The molecular weight excluding hydrogens is 384 g/mol. The van der Waals surface area contributed by atoms with Crippen LogP contribution in [0.4, 0.5) is 5.69 Å². The molecule has 1 heterocycles. The Morgan fingerprint density at radius 3 is 2.53 bits per heavy atom. The molecule has 0 unspecified atom stereocenters. The number of anilines is 1. The molecule has 0 aliphatic rings. The molecule has 8 heteroatoms. The van der Waals surface area contributed by atoms with Gasteiger partial charge in [-0.3, -0.25) is 14.6 Å². The van der Waals surface area contributed by atoms with Crippen LogP contribution in [0.15, 0.2) is 78.0 Å². The zero-order chi connectivity index (χ0) is 21.2. The third kappa shape index (κ3) is 5.90. The van der Waals surface area contributed by atoms with Crippen LogP contribution in [0.5, 0.6) is 11.5 Å². The standard InChI is InChI=1S/C22H20N4O4/c1-29-20-8-3-2-6-18(20)25-21(27)15-30-17-11-9-16(10-12-17)14-24-26-22(28)19-7-4-5-13-23-19/h2-14H,15H2,1H3,(H,25,27)(H,26,28)/b24-14-. The summed E-state index contributed by atoms with van der Waals surface area (Å²) in [6.07, 6.45) is 3.03. The molecule has 0 atom stereocenters. The second-order valence-electron chi connectivity index (χ2n) is 6.02. The lowest BCUT2D eigenvalue weighted by molar-refractivity contribution is -0.118. The minimum atomic E-state index is -0.395. The first-order chi connectivity index (χ1) is 14.7. The van der Waals surface area contributed by atoms with Gasteiger partial charge in [0.1, 0.15) is 17.2 Å². The van der Waals surface area contributed by atoms with Crippen molar-refractivity contribution in [2.45, 2.75) is 0 Å². The summed E-state index contributed by atoms with van der Waals surface area (Å²) >= 11 is 0. The number of hydrazone groups is 1. The second-order valence-corrected chi connectivity index (χ2v) is 6.02. The molecule has 0 fully saturated rings. The van der Waals surface area contributed by atoms with Gasteiger partial charge in [-0.05, 0) is 54.1 Å². The third-order valence-electron chi connectivity index (χ3n) is 3.91. The highest BCUT2D eigenvalue weighted by atomic mass is 16.5. The predicted molar refractivity (Wildman–Crippen MR) is 113 cm³/mol. The molecule has 8 nitrogen and oxygen atoms in total. The van der Waals surface area contributed by atoms with Gasteiger partial charge in [0.2, 0.25) is 0 Å². The minimum Gasteiger partial charge on any atom is -0.495 e. The van der Waals surface area contributed by atoms with E-state index >= 15 is 0 Å². The van der Waals surface area contributed by atoms with E-state index in [1.54, 1.807) is 60.7 Å². The van der Waals surface area contributed by atoms with Crippen LogP contribution >= 0.6 is 0 Å². The van der Waals surface area contributed by atoms with Crippen molar-refractivity contribution in [3.8, 4) is 11.5 Å². The van der Waals surface area contributed by atoms with Crippen molar-refractivity contribution in [3.63, 3.8) is 0 Å². The molecule has 1 aromatic heterocycles. The summed E-state index contributed by atoms with van der Waals surface area (Å²) < 4.78 is 10.7. The molecule has 0 aliphatic carbocycles. The number of ether oxygens (including phenoxy) is 2. The Balaban J connectivity index is 1.47. The van der Waals surface area contributed by atoms with Crippen LogP contribution in [0.2, 0.25) is 0 Å². The van der Waals surface area contributed by atoms with E-state index in [2.05, 4.69) is 20.8 Å². The first-order valence-corrected chi connectivity index (χ1v) is 9.06. The van der Waals surface area contributed by atoms with Crippen LogP contribution in [-0.2, 0) is 4.79 Å². The Hall–Kier alpha value is -4.20. The summed E-state index contributed by atoms with van der Waals surface area (Å²) in [4.78, 5) is 27.9. The molecule has 0 spiro atoms. The zero-order valence-electron chi connectivity index (χ0n) is 16.2. The molecule has 0 saturated heterocycles. The number of rotatable bonds is 8. The number of hydrogen-bond acceptors (Lipinski definition) is 6. The highest BCUT2D eigenvalue weighted by Gasteiger charge is 2.08. The molecule has 0 aliphatic heterocycles. The first kappa shape index (κ1) is 20.5. The number of amides is 2. The predicted octanol–water partition coefficient (Wildman–Crippen LogP) is 2.87. The van der Waals surface area contributed by atoms with E-state index in [9.17, 15) is 9.59 Å². The van der Waals surface area contributed by atoms with E-state index in [0.717, 1.165) is 5.56 Å². The van der Waals surface area contributed by atoms with Gasteiger partial charge < -0.3 is 14.8 Å². The van der Waals surface area contributed by atoms with Gasteiger partial charge in [0.15, 0.2) is 6.61 Å². The smallest absolute Gasteiger partial charge is 0.289 e. The fraction of sp³-hybridized carbons (Fsp3) is 0.0909. The normalized spacial score (nSPS) is 10.4. The van der Waals surface area contributed by atoms with Crippen molar-refractivity contribution < 1.29 is 19.1 Å². The number of benzene rings is 2. The Morgan fingerprint density at radius 2 is 1.80 bits per heavy atom.